The van der Waals surface area contributed by atoms with Crippen molar-refractivity contribution in [3.8, 4) is 45.7 Å². The molecule has 0 aliphatic carbocycles. The second-order valence-electron chi connectivity index (χ2n) is 34.1. The van der Waals surface area contributed by atoms with Gasteiger partial charge in [-0.15, -0.1) is 0 Å². The van der Waals surface area contributed by atoms with Crippen LogP contribution >= 0.6 is 0 Å². The summed E-state index contributed by atoms with van der Waals surface area (Å²) in [6, 6.07) is 77.9. The molecule has 8 aromatic heterocycles. The number of hydrogen-bond donors (Lipinski definition) is 0. The number of aromatic nitrogens is 12. The molecule has 18 rings (SSSR count). The number of nitrogens with zero attached hydrogens (tertiary/aromatic N) is 16. The maximum atomic E-state index is 14.3. The van der Waals surface area contributed by atoms with E-state index in [0.717, 1.165) is 154 Å². The molecule has 0 N–H and O–H groups in total. The Morgan fingerprint density at radius 3 is 1.09 bits per heavy atom. The molecule has 0 radical (unpaired) electrons. The molecule has 24 nitrogen and oxygen atoms in total. The summed E-state index contributed by atoms with van der Waals surface area (Å²) < 4.78 is 52.2. The first-order valence-electron chi connectivity index (χ1n) is 44.7. The Hall–Kier alpha value is -13.6. The molecule has 2 aliphatic heterocycles. The van der Waals surface area contributed by atoms with E-state index in [-0.39, 0.29) is 28.3 Å². The van der Waals surface area contributed by atoms with E-state index < -0.39 is 5.67 Å². The van der Waals surface area contributed by atoms with Gasteiger partial charge in [0.05, 0.1) is 66.5 Å². The van der Waals surface area contributed by atoms with Crippen molar-refractivity contribution in [3.63, 3.8) is 0 Å². The van der Waals surface area contributed by atoms with Crippen molar-refractivity contribution >= 4 is 43.6 Å². The number of likely N-dealkylation sites (tertiary alicyclic amines) is 2. The van der Waals surface area contributed by atoms with Crippen LogP contribution in [0.1, 0.15) is 102 Å². The highest BCUT2D eigenvalue weighted by Gasteiger charge is 2.30. The predicted octanol–water partition coefficient (Wildman–Crippen LogP) is 17.6. The average molecular weight is 1740 g/mol. The molecule has 666 valence electrons. The highest BCUT2D eigenvalue weighted by Crippen LogP contribution is 2.29. The minimum atomic E-state index is -1.10. The van der Waals surface area contributed by atoms with Crippen LogP contribution < -0.4 is 41.2 Å². The lowest BCUT2D eigenvalue weighted by atomic mass is 9.97. The molecule has 0 amide bonds. The van der Waals surface area contributed by atoms with Gasteiger partial charge in [0.25, 0.3) is 22.2 Å². The number of halogens is 1. The van der Waals surface area contributed by atoms with Gasteiger partial charge in [0, 0.05) is 138 Å². The Morgan fingerprint density at radius 2 is 0.721 bits per heavy atom. The first-order chi connectivity index (χ1) is 62.7. The van der Waals surface area contributed by atoms with Crippen molar-refractivity contribution in [1.82, 2.24) is 77.0 Å². The molecule has 0 spiro atoms. The number of fused-ring (bicyclic) bond motifs is 4. The maximum Gasteiger partial charge on any atom is 0.258 e. The molecule has 16 aromatic rings. The number of piperidine rings is 1. The zero-order valence-corrected chi connectivity index (χ0v) is 74.9. The van der Waals surface area contributed by atoms with Gasteiger partial charge in [-0.05, 0) is 233 Å². The van der Waals surface area contributed by atoms with Crippen LogP contribution in [0.3, 0.4) is 0 Å². The summed E-state index contributed by atoms with van der Waals surface area (Å²) in [5.41, 5.74) is 10.1. The van der Waals surface area contributed by atoms with Crippen LogP contribution in [-0.4, -0.2) is 161 Å². The third-order valence-corrected chi connectivity index (χ3v) is 23.6. The quantitative estimate of drug-likeness (QED) is 0.0396. The second-order valence-corrected chi connectivity index (χ2v) is 34.1. The number of alkyl halides is 1. The van der Waals surface area contributed by atoms with E-state index in [0.29, 0.717) is 74.4 Å². The van der Waals surface area contributed by atoms with E-state index in [2.05, 4.69) is 92.5 Å². The summed E-state index contributed by atoms with van der Waals surface area (Å²) in [5, 5.41) is 22.2. The molecule has 25 heteroatoms. The van der Waals surface area contributed by atoms with Gasteiger partial charge >= 0.3 is 0 Å². The summed E-state index contributed by atoms with van der Waals surface area (Å²) in [4.78, 5) is 60.3. The summed E-state index contributed by atoms with van der Waals surface area (Å²) in [6.45, 7) is 24.7. The molecule has 2 aliphatic rings. The summed E-state index contributed by atoms with van der Waals surface area (Å²) in [5.74, 6) is 2.24. The minimum absolute atomic E-state index is 0.122. The highest BCUT2D eigenvalue weighted by molar-refractivity contribution is 5.83. The number of benzene rings is 8. The van der Waals surface area contributed by atoms with Gasteiger partial charge < -0.3 is 28.7 Å². The Morgan fingerprint density at radius 1 is 0.380 bits per heavy atom. The van der Waals surface area contributed by atoms with Gasteiger partial charge in [0.1, 0.15) is 54.6 Å². The minimum Gasteiger partial charge on any atom is -0.489 e. The third kappa shape index (κ3) is 24.0. The van der Waals surface area contributed by atoms with Gasteiger partial charge in [-0.3, -0.25) is 66.0 Å². The molecule has 8 aromatic carbocycles. The Kier molecular flexibility index (Phi) is 29.9. The van der Waals surface area contributed by atoms with E-state index in [4.69, 9.17) is 18.9 Å². The van der Waals surface area contributed by atoms with Crippen molar-refractivity contribution < 1.29 is 23.3 Å². The zero-order valence-electron chi connectivity index (χ0n) is 74.9. The Balaban J connectivity index is 0.000000132. The number of rotatable bonds is 31. The van der Waals surface area contributed by atoms with E-state index in [1.807, 2.05) is 252 Å². The SMILES string of the molecule is CC(C)N(CCn1ncc2cc(-n3ccc(OCc4ccccc4)cc3=O)ccc21)C(C)C.CC(Oc1ccn(-c2ccc3c(cnn3CCN3CCCC3)c2)c(=O)c1)c1ccccc1.CC1(F)CCCN(CCn2ncc3cc(-n4ccc(OCc5ccccc5)cc4=O)ccc32)C1.CN(C)CCCn1ncc2cc(-n3ccc(OCc4ccccc4)cc3=O)ccc21. The topological polar surface area (TPSA) is 209 Å². The largest absolute Gasteiger partial charge is 0.489 e. The molecule has 2 atom stereocenters. The molecular formula is C104H115FN16O8. The second kappa shape index (κ2) is 42.8. The molecule has 129 heavy (non-hydrogen) atoms. The lowest BCUT2D eigenvalue weighted by Crippen LogP contribution is -2.44. The predicted molar refractivity (Wildman–Crippen MR) is 510 cm³/mol. The van der Waals surface area contributed by atoms with Crippen LogP contribution in [0, 0.1) is 0 Å². The molecule has 0 saturated carbocycles. The fourth-order valence-electron chi connectivity index (χ4n) is 16.7. The lowest BCUT2D eigenvalue weighted by Gasteiger charge is -2.35. The Labute approximate surface area is 751 Å². The van der Waals surface area contributed by atoms with Gasteiger partial charge in [-0.2, -0.15) is 20.4 Å². The van der Waals surface area contributed by atoms with Crippen LogP contribution in [0.2, 0.25) is 0 Å². The van der Waals surface area contributed by atoms with Crippen LogP contribution in [0.4, 0.5) is 4.39 Å². The number of ether oxygens (including phenoxy) is 4. The van der Waals surface area contributed by atoms with Crippen LogP contribution in [-0.2, 0) is 46.0 Å². The highest BCUT2D eigenvalue weighted by atomic mass is 19.1. The maximum absolute atomic E-state index is 14.3. The normalized spacial score (nSPS) is 14.4. The van der Waals surface area contributed by atoms with Crippen LogP contribution in [0.15, 0.2) is 311 Å². The summed E-state index contributed by atoms with van der Waals surface area (Å²) in [6.07, 6.45) is 19.5. The first-order valence-corrected chi connectivity index (χ1v) is 44.7. The molecule has 2 saturated heterocycles. The van der Waals surface area contributed by atoms with E-state index in [9.17, 15) is 23.6 Å². The number of pyridine rings is 4. The summed E-state index contributed by atoms with van der Waals surface area (Å²) in [7, 11) is 4.15. The zero-order chi connectivity index (χ0) is 89.8. The molecule has 0 bridgehead atoms. The fraction of sp³-hybridized carbons (Fsp3) is 0.308. The summed E-state index contributed by atoms with van der Waals surface area (Å²) >= 11 is 0. The van der Waals surface area contributed by atoms with Gasteiger partial charge in [0.15, 0.2) is 0 Å². The fourth-order valence-corrected chi connectivity index (χ4v) is 16.7. The van der Waals surface area contributed by atoms with E-state index >= 15 is 0 Å². The first kappa shape index (κ1) is 90.2. The van der Waals surface area contributed by atoms with Gasteiger partial charge in [-0.25, -0.2) is 4.39 Å². The van der Waals surface area contributed by atoms with Gasteiger partial charge in [-0.1, -0.05) is 121 Å². The molecule has 2 fully saturated rings. The molecule has 2 unspecified atom stereocenters. The smallest absolute Gasteiger partial charge is 0.258 e. The van der Waals surface area contributed by atoms with Crippen molar-refractivity contribution in [1.29, 1.82) is 0 Å². The average Bonchev–Trinajstić information content (AvgIpc) is 1.70. The number of hydrogen-bond acceptors (Lipinski definition) is 16. The monoisotopic (exact) mass is 1730 g/mol. The van der Waals surface area contributed by atoms with E-state index in [1.165, 1.54) is 44.1 Å². The van der Waals surface area contributed by atoms with Crippen molar-refractivity contribution in [2.45, 2.75) is 144 Å². The van der Waals surface area contributed by atoms with Crippen molar-refractivity contribution in [3.05, 3.63) is 356 Å². The molecule has 10 heterocycles. The van der Waals surface area contributed by atoms with Gasteiger partial charge in [0.2, 0.25) is 0 Å². The van der Waals surface area contributed by atoms with Crippen LogP contribution in [0.25, 0.3) is 66.4 Å². The standard InChI is InChI=1S/C27H29FN4O2.C27H32N4O2.C26H28N4O2.C24H26N4O2/c1-27(28)11-5-12-30(20-27)14-15-32-25-9-8-23(16-22(25)18-29-32)31-13-10-24(17-26(31)33)34-19-21-6-3-2-4-7-21;1-20(2)29(21(3)4)14-15-31-26-11-10-24(16-23(26)18-28-31)30-13-12-25(17-27(30)32)33-19-22-8-6-5-7-9-22;1-20(21-7-3-2-4-8-21)32-24-11-14-29(26(31)18-24)23-9-10-25-22(17-23)19-27-30(25)16-15-28-12-5-6-13-28;1-26(2)12-6-13-28-23-10-9-21(15-20(23)17-25-28)27-14-11-22(16-24(27)29)30-18-19-7-4-3-5-8-19/h2-4,6-10,13,16-18H,5,11-12,14-15,19-20H2,1H3;5-13,16-18,20-21H,14-15,19H2,1-4H3;2-4,7-11,14,17-20H,5-6,12-13,15-16H2,1H3;3-5,7-11,14-17H,6,12-13,18H2,1-2H3. The molecular weight excluding hydrogens is 1620 g/mol. The Bertz CT molecular complexity index is 6600. The third-order valence-electron chi connectivity index (χ3n) is 23.6. The van der Waals surface area contributed by atoms with Crippen molar-refractivity contribution in [2.24, 2.45) is 0 Å². The lowest BCUT2D eigenvalue weighted by molar-refractivity contribution is 0.0583. The van der Waals surface area contributed by atoms with Crippen molar-refractivity contribution in [2.75, 3.05) is 66.5 Å². The van der Waals surface area contributed by atoms with Crippen LogP contribution in [0.5, 0.6) is 23.0 Å². The van der Waals surface area contributed by atoms with E-state index in [1.54, 1.807) is 62.1 Å². The number of aryl methyl sites for hydroxylation is 1.